The molecular formula is C8H12N4O. The summed E-state index contributed by atoms with van der Waals surface area (Å²) in [6, 6.07) is 0. The number of hydrogen-bond acceptors (Lipinski definition) is 3. The summed E-state index contributed by atoms with van der Waals surface area (Å²) in [5, 5.41) is 9.26. The van der Waals surface area contributed by atoms with Gasteiger partial charge in [-0.2, -0.15) is 5.10 Å². The van der Waals surface area contributed by atoms with Crippen molar-refractivity contribution in [3.8, 4) is 0 Å². The summed E-state index contributed by atoms with van der Waals surface area (Å²) >= 11 is 0. The summed E-state index contributed by atoms with van der Waals surface area (Å²) in [5.74, 6) is 0. The minimum Gasteiger partial charge on any atom is -0.313 e. The minimum absolute atomic E-state index is 0.139. The molecule has 0 fully saturated rings. The average molecular weight is 180 g/mol. The summed E-state index contributed by atoms with van der Waals surface area (Å²) in [6.07, 6.45) is 4.67. The molecule has 0 aliphatic carbocycles. The summed E-state index contributed by atoms with van der Waals surface area (Å²) < 4.78 is 1.58. The lowest BCUT2D eigenvalue weighted by atomic mass is 10.1. The SMILES string of the molecule is O=c1[nH]ncn1CC1=CCNCC1. The van der Waals surface area contributed by atoms with Gasteiger partial charge in [0, 0.05) is 13.1 Å². The molecule has 5 nitrogen and oxygen atoms in total. The highest BCUT2D eigenvalue weighted by molar-refractivity contribution is 5.06. The van der Waals surface area contributed by atoms with Crippen molar-refractivity contribution in [2.24, 2.45) is 0 Å². The molecule has 0 saturated carbocycles. The van der Waals surface area contributed by atoms with Gasteiger partial charge < -0.3 is 5.32 Å². The quantitative estimate of drug-likeness (QED) is 0.603. The Bertz CT molecular complexity index is 362. The number of nitrogens with zero attached hydrogens (tertiary/aromatic N) is 2. The Balaban J connectivity index is 2.09. The molecule has 2 rings (SSSR count). The molecule has 0 unspecified atom stereocenters. The fourth-order valence-electron chi connectivity index (χ4n) is 1.42. The van der Waals surface area contributed by atoms with Crippen LogP contribution in [0.3, 0.4) is 0 Å². The van der Waals surface area contributed by atoms with Crippen molar-refractivity contribution < 1.29 is 0 Å². The molecule has 2 heterocycles. The number of rotatable bonds is 2. The van der Waals surface area contributed by atoms with Crippen LogP contribution in [0.4, 0.5) is 0 Å². The first-order valence-electron chi connectivity index (χ1n) is 4.35. The number of aromatic amines is 1. The van der Waals surface area contributed by atoms with Crippen LogP contribution < -0.4 is 11.0 Å². The zero-order chi connectivity index (χ0) is 9.10. The molecule has 2 N–H and O–H groups in total. The van der Waals surface area contributed by atoms with Crippen molar-refractivity contribution in [3.63, 3.8) is 0 Å². The Morgan fingerprint density at radius 1 is 1.62 bits per heavy atom. The molecular weight excluding hydrogens is 168 g/mol. The number of H-pyrrole nitrogens is 1. The van der Waals surface area contributed by atoms with Crippen LogP contribution in [-0.4, -0.2) is 27.9 Å². The third-order valence-electron chi connectivity index (χ3n) is 2.15. The van der Waals surface area contributed by atoms with Crippen molar-refractivity contribution in [2.45, 2.75) is 13.0 Å². The zero-order valence-electron chi connectivity index (χ0n) is 7.29. The maximum absolute atomic E-state index is 11.1. The Morgan fingerprint density at radius 2 is 2.54 bits per heavy atom. The van der Waals surface area contributed by atoms with Gasteiger partial charge in [-0.05, 0) is 13.0 Å². The Morgan fingerprint density at radius 3 is 3.15 bits per heavy atom. The van der Waals surface area contributed by atoms with Gasteiger partial charge in [0.2, 0.25) is 0 Å². The van der Waals surface area contributed by atoms with E-state index in [1.807, 2.05) is 0 Å². The van der Waals surface area contributed by atoms with Gasteiger partial charge in [-0.3, -0.25) is 4.57 Å². The zero-order valence-corrected chi connectivity index (χ0v) is 7.29. The van der Waals surface area contributed by atoms with Crippen molar-refractivity contribution in [1.82, 2.24) is 20.1 Å². The lowest BCUT2D eigenvalue weighted by molar-refractivity contribution is 0.641. The third kappa shape index (κ3) is 1.86. The van der Waals surface area contributed by atoms with Gasteiger partial charge in [-0.25, -0.2) is 9.89 Å². The maximum Gasteiger partial charge on any atom is 0.343 e. The first-order chi connectivity index (χ1) is 6.36. The van der Waals surface area contributed by atoms with E-state index in [9.17, 15) is 4.79 Å². The second-order valence-corrected chi connectivity index (χ2v) is 3.11. The lowest BCUT2D eigenvalue weighted by Gasteiger charge is -2.13. The van der Waals surface area contributed by atoms with Gasteiger partial charge in [0.15, 0.2) is 0 Å². The van der Waals surface area contributed by atoms with Gasteiger partial charge in [-0.1, -0.05) is 11.6 Å². The second kappa shape index (κ2) is 3.57. The monoisotopic (exact) mass is 180 g/mol. The topological polar surface area (TPSA) is 62.7 Å². The molecule has 1 aromatic rings. The molecule has 5 heteroatoms. The summed E-state index contributed by atoms with van der Waals surface area (Å²) in [5.41, 5.74) is 1.15. The molecule has 0 spiro atoms. The van der Waals surface area contributed by atoms with E-state index in [1.54, 1.807) is 4.57 Å². The summed E-state index contributed by atoms with van der Waals surface area (Å²) in [6.45, 7) is 2.57. The highest BCUT2D eigenvalue weighted by atomic mass is 16.1. The van der Waals surface area contributed by atoms with Crippen molar-refractivity contribution in [1.29, 1.82) is 0 Å². The molecule has 13 heavy (non-hydrogen) atoms. The minimum atomic E-state index is -0.139. The fraction of sp³-hybridized carbons (Fsp3) is 0.500. The second-order valence-electron chi connectivity index (χ2n) is 3.11. The van der Waals surface area contributed by atoms with Gasteiger partial charge in [0.25, 0.3) is 0 Å². The van der Waals surface area contributed by atoms with E-state index in [2.05, 4.69) is 21.6 Å². The van der Waals surface area contributed by atoms with Gasteiger partial charge in [0.05, 0.1) is 0 Å². The van der Waals surface area contributed by atoms with Crippen LogP contribution in [0.15, 0.2) is 22.8 Å². The molecule has 1 aromatic heterocycles. The van der Waals surface area contributed by atoms with Crippen LogP contribution in [0.2, 0.25) is 0 Å². The van der Waals surface area contributed by atoms with Crippen LogP contribution in [0.5, 0.6) is 0 Å². The number of aromatic nitrogens is 3. The van der Waals surface area contributed by atoms with Crippen molar-refractivity contribution >= 4 is 0 Å². The van der Waals surface area contributed by atoms with Gasteiger partial charge in [0.1, 0.15) is 6.33 Å². The standard InChI is InChI=1S/C8H12N4O/c13-8-11-10-6-12(8)5-7-1-3-9-4-2-7/h1,6,9H,2-5H2,(H,11,13). The Labute approximate surface area is 75.5 Å². The largest absolute Gasteiger partial charge is 0.343 e. The first kappa shape index (κ1) is 8.25. The van der Waals surface area contributed by atoms with E-state index in [4.69, 9.17) is 0 Å². The normalized spacial score (nSPS) is 17.1. The van der Waals surface area contributed by atoms with E-state index in [0.29, 0.717) is 6.54 Å². The van der Waals surface area contributed by atoms with Crippen molar-refractivity contribution in [3.05, 3.63) is 28.5 Å². The highest BCUT2D eigenvalue weighted by Crippen LogP contribution is 2.05. The molecule has 1 aliphatic heterocycles. The number of hydrogen-bond donors (Lipinski definition) is 2. The summed E-state index contributed by atoms with van der Waals surface area (Å²) in [4.78, 5) is 11.1. The maximum atomic E-state index is 11.1. The average Bonchev–Trinajstić information content (AvgIpc) is 2.54. The molecule has 0 bridgehead atoms. The van der Waals surface area contributed by atoms with Crippen LogP contribution in [0.25, 0.3) is 0 Å². The van der Waals surface area contributed by atoms with Crippen LogP contribution >= 0.6 is 0 Å². The molecule has 0 aromatic carbocycles. The number of nitrogens with one attached hydrogen (secondary N) is 2. The van der Waals surface area contributed by atoms with E-state index < -0.39 is 0 Å². The first-order valence-corrected chi connectivity index (χ1v) is 4.35. The Hall–Kier alpha value is -1.36. The molecule has 0 radical (unpaired) electrons. The third-order valence-corrected chi connectivity index (χ3v) is 2.15. The van der Waals surface area contributed by atoms with Gasteiger partial charge >= 0.3 is 5.69 Å². The highest BCUT2D eigenvalue weighted by Gasteiger charge is 2.04. The van der Waals surface area contributed by atoms with E-state index in [-0.39, 0.29) is 5.69 Å². The van der Waals surface area contributed by atoms with Crippen molar-refractivity contribution in [2.75, 3.05) is 13.1 Å². The predicted molar refractivity (Wildman–Crippen MR) is 48.4 cm³/mol. The fourth-order valence-corrected chi connectivity index (χ4v) is 1.42. The van der Waals surface area contributed by atoms with Crippen LogP contribution in [0, 0.1) is 0 Å². The molecule has 70 valence electrons. The molecule has 0 saturated heterocycles. The molecule has 0 amide bonds. The predicted octanol–water partition coefficient (Wildman–Crippen LogP) is -0.509. The van der Waals surface area contributed by atoms with Gasteiger partial charge in [-0.15, -0.1) is 0 Å². The van der Waals surface area contributed by atoms with E-state index in [0.717, 1.165) is 19.5 Å². The summed E-state index contributed by atoms with van der Waals surface area (Å²) in [7, 11) is 0. The lowest BCUT2D eigenvalue weighted by Crippen LogP contribution is -2.24. The van der Waals surface area contributed by atoms with E-state index >= 15 is 0 Å². The van der Waals surface area contributed by atoms with Crippen LogP contribution in [-0.2, 0) is 6.54 Å². The van der Waals surface area contributed by atoms with Crippen LogP contribution in [0.1, 0.15) is 6.42 Å². The Kier molecular flexibility index (Phi) is 2.27. The van der Waals surface area contributed by atoms with E-state index in [1.165, 1.54) is 11.9 Å². The molecule has 1 aliphatic rings. The molecule has 0 atom stereocenters. The smallest absolute Gasteiger partial charge is 0.313 e.